The highest BCUT2D eigenvalue weighted by molar-refractivity contribution is 6.23. The van der Waals surface area contributed by atoms with Crippen molar-refractivity contribution in [2.75, 3.05) is 4.90 Å². The number of anilines is 3. The Hall–Kier alpha value is -7.88. The summed E-state index contributed by atoms with van der Waals surface area (Å²) in [5.74, 6) is 0. The van der Waals surface area contributed by atoms with Gasteiger partial charge in [-0.1, -0.05) is 152 Å². The average Bonchev–Trinajstić information content (AvgIpc) is 3.86. The average molecular weight is 753 g/mol. The van der Waals surface area contributed by atoms with Gasteiger partial charge >= 0.3 is 0 Å². The molecule has 3 heteroatoms. The zero-order valence-electron chi connectivity index (χ0n) is 32.1. The molecule has 0 fully saturated rings. The number of benzene rings is 10. The Bertz CT molecular complexity index is 3540. The summed E-state index contributed by atoms with van der Waals surface area (Å²) in [4.78, 5) is 2.35. The molecule has 0 amide bonds. The normalized spacial score (nSPS) is 11.7. The molecule has 0 saturated carbocycles. The fourth-order valence-corrected chi connectivity index (χ4v) is 9.13. The maximum absolute atomic E-state index is 6.77. The van der Waals surface area contributed by atoms with Gasteiger partial charge in [0.2, 0.25) is 0 Å². The van der Waals surface area contributed by atoms with Gasteiger partial charge in [0.15, 0.2) is 5.58 Å². The number of nitrogens with zero attached hydrogens (tertiary/aromatic N) is 2. The molecule has 276 valence electrons. The highest BCUT2D eigenvalue weighted by atomic mass is 16.3. The van der Waals surface area contributed by atoms with Crippen LogP contribution in [0.25, 0.3) is 93.2 Å². The number of hydrogen-bond acceptors (Lipinski definition) is 2. The lowest BCUT2D eigenvalue weighted by Crippen LogP contribution is -2.10. The van der Waals surface area contributed by atoms with Gasteiger partial charge in [-0.05, 0) is 111 Å². The van der Waals surface area contributed by atoms with Crippen molar-refractivity contribution in [3.63, 3.8) is 0 Å². The number of rotatable bonds is 6. The summed E-state index contributed by atoms with van der Waals surface area (Å²) in [6.45, 7) is 0. The molecule has 12 aromatic rings. The molecule has 0 radical (unpaired) electrons. The Morgan fingerprint density at radius 1 is 0.356 bits per heavy atom. The van der Waals surface area contributed by atoms with E-state index >= 15 is 0 Å². The zero-order valence-corrected chi connectivity index (χ0v) is 32.1. The van der Waals surface area contributed by atoms with Crippen LogP contribution in [0.2, 0.25) is 0 Å². The summed E-state index contributed by atoms with van der Waals surface area (Å²) in [6, 6.07) is 78.6. The van der Waals surface area contributed by atoms with Crippen molar-refractivity contribution in [2.24, 2.45) is 0 Å². The van der Waals surface area contributed by atoms with Crippen LogP contribution in [0.3, 0.4) is 0 Å². The third-order valence-electron chi connectivity index (χ3n) is 11.9. The second-order valence-electron chi connectivity index (χ2n) is 15.3. The van der Waals surface area contributed by atoms with E-state index in [9.17, 15) is 0 Å². The lowest BCUT2D eigenvalue weighted by Gasteiger charge is -2.26. The van der Waals surface area contributed by atoms with Crippen molar-refractivity contribution in [2.45, 2.75) is 0 Å². The molecule has 10 aromatic carbocycles. The van der Waals surface area contributed by atoms with Crippen molar-refractivity contribution in [3.05, 3.63) is 218 Å². The van der Waals surface area contributed by atoms with Crippen molar-refractivity contribution >= 4 is 82.4 Å². The molecule has 0 N–H and O–H groups in total. The highest BCUT2D eigenvalue weighted by Crippen LogP contribution is 2.46. The Morgan fingerprint density at radius 2 is 0.932 bits per heavy atom. The maximum atomic E-state index is 6.77. The molecular weight excluding hydrogens is 717 g/mol. The molecule has 0 atom stereocenters. The first-order valence-corrected chi connectivity index (χ1v) is 20.2. The van der Waals surface area contributed by atoms with Crippen molar-refractivity contribution in [1.82, 2.24) is 4.57 Å². The van der Waals surface area contributed by atoms with E-state index < -0.39 is 0 Å². The summed E-state index contributed by atoms with van der Waals surface area (Å²) < 4.78 is 9.13. The molecule has 2 heterocycles. The lowest BCUT2D eigenvalue weighted by atomic mass is 9.98. The maximum Gasteiger partial charge on any atom is 0.160 e. The number of aromatic nitrogens is 1. The molecule has 0 aliphatic heterocycles. The van der Waals surface area contributed by atoms with E-state index in [4.69, 9.17) is 4.42 Å². The van der Waals surface area contributed by atoms with Gasteiger partial charge in [0, 0.05) is 38.6 Å². The molecule has 0 unspecified atom stereocenters. The fraction of sp³-hybridized carbons (Fsp3) is 0. The van der Waals surface area contributed by atoms with Gasteiger partial charge in [0.25, 0.3) is 0 Å². The summed E-state index contributed by atoms with van der Waals surface area (Å²) in [6.07, 6.45) is 0. The van der Waals surface area contributed by atoms with Gasteiger partial charge in [-0.25, -0.2) is 0 Å². The largest absolute Gasteiger partial charge is 0.454 e. The molecule has 12 rings (SSSR count). The van der Waals surface area contributed by atoms with Crippen LogP contribution in [-0.4, -0.2) is 4.57 Å². The lowest BCUT2D eigenvalue weighted by molar-refractivity contribution is 0.669. The van der Waals surface area contributed by atoms with Gasteiger partial charge in [0.05, 0.1) is 16.7 Å². The minimum Gasteiger partial charge on any atom is -0.454 e. The third kappa shape index (κ3) is 5.44. The zero-order chi connectivity index (χ0) is 38.9. The highest BCUT2D eigenvalue weighted by Gasteiger charge is 2.22. The van der Waals surface area contributed by atoms with Crippen LogP contribution in [-0.2, 0) is 0 Å². The van der Waals surface area contributed by atoms with Crippen LogP contribution >= 0.6 is 0 Å². The van der Waals surface area contributed by atoms with E-state index in [2.05, 4.69) is 222 Å². The van der Waals surface area contributed by atoms with Crippen LogP contribution < -0.4 is 4.90 Å². The molecule has 0 spiro atoms. The van der Waals surface area contributed by atoms with Gasteiger partial charge in [-0.15, -0.1) is 0 Å². The molecule has 0 aliphatic rings. The van der Waals surface area contributed by atoms with Crippen LogP contribution in [0.4, 0.5) is 17.1 Å². The topological polar surface area (TPSA) is 21.3 Å². The van der Waals surface area contributed by atoms with Crippen LogP contribution in [0, 0.1) is 0 Å². The molecular formula is C56H36N2O. The number of para-hydroxylation sites is 3. The Labute approximate surface area is 341 Å². The van der Waals surface area contributed by atoms with Crippen LogP contribution in [0.15, 0.2) is 223 Å². The van der Waals surface area contributed by atoms with Gasteiger partial charge in [-0.2, -0.15) is 0 Å². The molecule has 0 aliphatic carbocycles. The predicted molar refractivity (Wildman–Crippen MR) is 249 cm³/mol. The number of furan rings is 1. The summed E-state index contributed by atoms with van der Waals surface area (Å²) in [5, 5.41) is 9.53. The number of fused-ring (bicyclic) bond motifs is 9. The van der Waals surface area contributed by atoms with E-state index in [1.54, 1.807) is 0 Å². The number of hydrogen-bond donors (Lipinski definition) is 0. The Morgan fingerprint density at radius 3 is 1.73 bits per heavy atom. The minimum atomic E-state index is 0.876. The monoisotopic (exact) mass is 752 g/mol. The van der Waals surface area contributed by atoms with Gasteiger partial charge in [-0.3, -0.25) is 0 Å². The Balaban J connectivity index is 0.943. The quantitative estimate of drug-likeness (QED) is 0.169. The molecule has 59 heavy (non-hydrogen) atoms. The summed E-state index contributed by atoms with van der Waals surface area (Å²) in [5.41, 5.74) is 13.2. The first kappa shape index (κ1) is 33.3. The van der Waals surface area contributed by atoms with E-state index in [0.717, 1.165) is 44.6 Å². The molecule has 3 nitrogen and oxygen atoms in total. The molecule has 2 aromatic heterocycles. The molecule has 0 saturated heterocycles. The first-order valence-electron chi connectivity index (χ1n) is 20.2. The van der Waals surface area contributed by atoms with Crippen molar-refractivity contribution in [1.29, 1.82) is 0 Å². The fourth-order valence-electron chi connectivity index (χ4n) is 9.13. The van der Waals surface area contributed by atoms with E-state index in [1.165, 1.54) is 65.7 Å². The minimum absolute atomic E-state index is 0.876. The predicted octanol–water partition coefficient (Wildman–Crippen LogP) is 15.8. The van der Waals surface area contributed by atoms with Gasteiger partial charge < -0.3 is 13.9 Å². The van der Waals surface area contributed by atoms with Crippen LogP contribution in [0.5, 0.6) is 0 Å². The Kier molecular flexibility index (Phi) is 7.54. The summed E-state index contributed by atoms with van der Waals surface area (Å²) >= 11 is 0. The second kappa shape index (κ2) is 13.4. The van der Waals surface area contributed by atoms with E-state index in [-0.39, 0.29) is 0 Å². The second-order valence-corrected chi connectivity index (χ2v) is 15.3. The SMILES string of the molecule is c1ccc(-n2c3ccccc3c3cc(-c4ccc(-c5ccc(N(c6ccc7ccccc7c6)c6cc7ccccc7c7c6oc6ccccc67)cc5)cc4)ccc32)cc1. The van der Waals surface area contributed by atoms with Crippen molar-refractivity contribution in [3.8, 4) is 27.9 Å². The smallest absolute Gasteiger partial charge is 0.160 e. The van der Waals surface area contributed by atoms with E-state index in [1.807, 2.05) is 6.07 Å². The van der Waals surface area contributed by atoms with Crippen molar-refractivity contribution < 1.29 is 4.42 Å². The van der Waals surface area contributed by atoms with Crippen LogP contribution in [0.1, 0.15) is 0 Å². The van der Waals surface area contributed by atoms with Gasteiger partial charge in [0.1, 0.15) is 5.58 Å². The molecule has 0 bridgehead atoms. The first-order chi connectivity index (χ1) is 29.2. The summed E-state index contributed by atoms with van der Waals surface area (Å²) in [7, 11) is 0. The standard InChI is InChI=1S/C56H36N2O/c1-2-15-44(16-3-1)58-51-20-10-8-18-48(51)50-35-42(29-33-52(50)58)40-24-22-38(23-25-40)39-26-30-45(31-27-39)57(46-32-28-37-12-4-5-13-41(37)34-46)53-36-43-14-6-7-17-47(43)55-49-19-9-11-21-54(49)59-56(53)55/h1-36H. The third-order valence-corrected chi connectivity index (χ3v) is 11.9. The van der Waals surface area contributed by atoms with E-state index in [0.29, 0.717) is 0 Å².